The zero-order valence-electron chi connectivity index (χ0n) is 11.4. The third-order valence-electron chi connectivity index (χ3n) is 2.84. The quantitative estimate of drug-likeness (QED) is 0.494. The van der Waals surface area contributed by atoms with E-state index in [9.17, 15) is 0 Å². The first kappa shape index (κ1) is 16.3. The standard InChI is InChI=1S/C13H12N6S.U/c1-9(14-2)5-10-6-19(3-4-20-10)13-11-12(16-7-15-11)17-8-18-13;/h2,6-8H,3-4H2,1H3,(H,15,16,17,18);/q-2;+2. The molecule has 1 aliphatic heterocycles. The van der Waals surface area contributed by atoms with Crippen LogP contribution in [0.2, 0.25) is 0 Å². The summed E-state index contributed by atoms with van der Waals surface area (Å²) in [7, 11) is 0. The molecule has 0 aromatic carbocycles. The fourth-order valence-electron chi connectivity index (χ4n) is 1.91. The number of aromatic nitrogens is 4. The van der Waals surface area contributed by atoms with Gasteiger partial charge in [0.1, 0.15) is 17.7 Å². The van der Waals surface area contributed by atoms with Gasteiger partial charge in [0.25, 0.3) is 0 Å². The van der Waals surface area contributed by atoms with Gasteiger partial charge in [-0.2, -0.15) is 23.4 Å². The van der Waals surface area contributed by atoms with E-state index in [1.54, 1.807) is 18.1 Å². The number of nitrogens with one attached hydrogen (secondary N) is 1. The number of rotatable bonds is 3. The Kier molecular flexibility index (Phi) is 5.62. The maximum Gasteiger partial charge on any atom is 2.00 e. The summed E-state index contributed by atoms with van der Waals surface area (Å²) in [4.78, 5) is 22.3. The fourth-order valence-corrected chi connectivity index (χ4v) is 2.84. The summed E-state index contributed by atoms with van der Waals surface area (Å²) in [6.45, 7) is 7.92. The molecule has 0 unspecified atom stereocenters. The number of anilines is 1. The molecule has 21 heavy (non-hydrogen) atoms. The molecule has 0 fully saturated rings. The van der Waals surface area contributed by atoms with Crippen LogP contribution in [0.5, 0.6) is 0 Å². The summed E-state index contributed by atoms with van der Waals surface area (Å²) in [5, 5.41) is 0. The molecule has 3 heterocycles. The number of fused-ring (bicyclic) bond motifs is 1. The van der Waals surface area contributed by atoms with Crippen molar-refractivity contribution < 1.29 is 31.1 Å². The molecular weight excluding hydrogens is 510 g/mol. The Bertz CT molecular complexity index is 708. The summed E-state index contributed by atoms with van der Waals surface area (Å²) < 4.78 is 0. The molecule has 1 N–H and O–H groups in total. The minimum Gasteiger partial charge on any atom is -0.483 e. The largest absolute Gasteiger partial charge is 2.00 e. The molecular formula is C13H12N6SU. The number of aromatic amines is 1. The zero-order chi connectivity index (χ0) is 13.9. The summed E-state index contributed by atoms with van der Waals surface area (Å²) in [5.74, 6) is 1.76. The van der Waals surface area contributed by atoms with Crippen LogP contribution < -0.4 is 4.90 Å². The van der Waals surface area contributed by atoms with Crippen molar-refractivity contribution in [2.45, 2.75) is 6.92 Å². The first-order valence-corrected chi connectivity index (χ1v) is 7.03. The monoisotopic (exact) mass is 522 g/mol. The first-order valence-electron chi connectivity index (χ1n) is 6.05. The van der Waals surface area contributed by atoms with Crippen LogP contribution in [0.3, 0.4) is 0 Å². The molecule has 0 spiro atoms. The van der Waals surface area contributed by atoms with Crippen molar-refractivity contribution in [1.82, 2.24) is 19.9 Å². The molecule has 3 rings (SSSR count). The van der Waals surface area contributed by atoms with Gasteiger partial charge >= 0.3 is 31.1 Å². The van der Waals surface area contributed by atoms with Gasteiger partial charge in [-0.25, -0.2) is 20.6 Å². The van der Waals surface area contributed by atoms with E-state index in [-0.39, 0.29) is 31.1 Å². The average Bonchev–Trinajstić information content (AvgIpc) is 2.95. The van der Waals surface area contributed by atoms with Crippen molar-refractivity contribution in [3.05, 3.63) is 35.5 Å². The molecule has 2 aromatic heterocycles. The van der Waals surface area contributed by atoms with Crippen LogP contribution in [0.15, 0.2) is 34.4 Å². The molecule has 0 saturated carbocycles. The third-order valence-corrected chi connectivity index (χ3v) is 3.74. The van der Waals surface area contributed by atoms with Crippen molar-refractivity contribution in [2.24, 2.45) is 4.99 Å². The van der Waals surface area contributed by atoms with Gasteiger partial charge in [0.15, 0.2) is 5.65 Å². The van der Waals surface area contributed by atoms with Crippen molar-refractivity contribution in [2.75, 3.05) is 17.2 Å². The predicted octanol–water partition coefficient (Wildman–Crippen LogP) is 2.03. The van der Waals surface area contributed by atoms with Crippen LogP contribution in [0, 0.1) is 37.2 Å². The molecule has 1 aliphatic rings. The van der Waals surface area contributed by atoms with E-state index in [2.05, 4.69) is 35.9 Å². The van der Waals surface area contributed by atoms with Crippen molar-refractivity contribution in [1.29, 1.82) is 0 Å². The second kappa shape index (κ2) is 7.25. The molecule has 8 heteroatoms. The fraction of sp³-hybridized carbons (Fsp3) is 0.231. The second-order valence-corrected chi connectivity index (χ2v) is 5.31. The molecule has 0 atom stereocenters. The Hall–Kier alpha value is -1.10. The van der Waals surface area contributed by atoms with E-state index in [0.717, 1.165) is 28.5 Å². The van der Waals surface area contributed by atoms with E-state index in [1.165, 1.54) is 6.33 Å². The smallest absolute Gasteiger partial charge is 0.483 e. The van der Waals surface area contributed by atoms with Gasteiger partial charge in [-0.05, 0) is 0 Å². The number of hydrogen-bond donors (Lipinski definition) is 1. The number of aliphatic imine (C=N–C) groups is 1. The SMILES string of the molecule is [CH-]=NC(C)=[C-]C1=CN(c2ncnc3nc[nH]c23)CCS1.[U+2]. The minimum absolute atomic E-state index is 0. The molecule has 104 valence electrons. The first-order chi connectivity index (χ1) is 9.78. The van der Waals surface area contributed by atoms with Gasteiger partial charge in [-0.3, -0.25) is 0 Å². The Morgan fingerprint density at radius 3 is 3.14 bits per heavy atom. The van der Waals surface area contributed by atoms with Crippen LogP contribution in [-0.4, -0.2) is 39.0 Å². The normalized spacial score (nSPS) is 15.6. The maximum atomic E-state index is 5.24. The van der Waals surface area contributed by atoms with E-state index < -0.39 is 0 Å². The van der Waals surface area contributed by atoms with Gasteiger partial charge < -0.3 is 21.0 Å². The number of H-pyrrole nitrogens is 1. The molecule has 0 radical (unpaired) electrons. The average molecular weight is 522 g/mol. The van der Waals surface area contributed by atoms with Crippen LogP contribution >= 0.6 is 11.8 Å². The minimum atomic E-state index is 0. The zero-order valence-corrected chi connectivity index (χ0v) is 16.3. The van der Waals surface area contributed by atoms with Gasteiger partial charge in [0, 0.05) is 12.3 Å². The van der Waals surface area contributed by atoms with E-state index in [0.29, 0.717) is 11.3 Å². The van der Waals surface area contributed by atoms with Crippen LogP contribution in [0.4, 0.5) is 5.82 Å². The van der Waals surface area contributed by atoms with Gasteiger partial charge in [0.2, 0.25) is 0 Å². The van der Waals surface area contributed by atoms with Crippen LogP contribution in [0.1, 0.15) is 6.92 Å². The Morgan fingerprint density at radius 2 is 2.33 bits per heavy atom. The van der Waals surface area contributed by atoms with E-state index in [1.807, 2.05) is 13.1 Å². The van der Waals surface area contributed by atoms with Crippen LogP contribution in [-0.2, 0) is 0 Å². The summed E-state index contributed by atoms with van der Waals surface area (Å²) in [6.07, 6.45) is 8.28. The van der Waals surface area contributed by atoms with Gasteiger partial charge in [0.05, 0.1) is 6.33 Å². The molecule has 0 saturated heterocycles. The molecule has 6 nitrogen and oxygen atoms in total. The maximum absolute atomic E-state index is 5.24. The second-order valence-electron chi connectivity index (χ2n) is 4.17. The summed E-state index contributed by atoms with van der Waals surface area (Å²) in [6, 6.07) is 0. The Balaban J connectivity index is 0.00000161. The topological polar surface area (TPSA) is 70.1 Å². The Morgan fingerprint density at radius 1 is 1.48 bits per heavy atom. The summed E-state index contributed by atoms with van der Waals surface area (Å²) in [5.41, 5.74) is 2.16. The van der Waals surface area contributed by atoms with Crippen molar-refractivity contribution >= 4 is 35.5 Å². The third kappa shape index (κ3) is 3.57. The summed E-state index contributed by atoms with van der Waals surface area (Å²) >= 11 is 1.72. The number of allylic oxidation sites excluding steroid dienone is 2. The van der Waals surface area contributed by atoms with E-state index >= 15 is 0 Å². The Labute approximate surface area is 150 Å². The van der Waals surface area contributed by atoms with Crippen molar-refractivity contribution in [3.8, 4) is 0 Å². The predicted molar refractivity (Wildman–Crippen MR) is 80.5 cm³/mol. The number of nitrogens with zero attached hydrogens (tertiary/aromatic N) is 5. The molecule has 0 aliphatic carbocycles. The number of hydrogen-bond acceptors (Lipinski definition) is 6. The van der Waals surface area contributed by atoms with Crippen LogP contribution in [0.25, 0.3) is 11.2 Å². The van der Waals surface area contributed by atoms with Gasteiger partial charge in [-0.1, -0.05) is 0 Å². The van der Waals surface area contributed by atoms with Gasteiger partial charge in [-0.15, -0.1) is 13.1 Å². The number of thioether (sulfide) groups is 1. The van der Waals surface area contributed by atoms with Crippen molar-refractivity contribution in [3.63, 3.8) is 0 Å². The molecule has 0 bridgehead atoms. The number of imidazole rings is 1. The molecule has 2 aromatic rings. The molecule has 0 amide bonds. The van der Waals surface area contributed by atoms with E-state index in [4.69, 9.17) is 6.72 Å².